The highest BCUT2D eigenvalue weighted by atomic mass is 32.2. The van der Waals surface area contributed by atoms with Gasteiger partial charge in [-0.1, -0.05) is 25.1 Å². The normalized spacial score (nSPS) is 15.3. The molecule has 7 nitrogen and oxygen atoms in total. The number of benzene rings is 1. The lowest BCUT2D eigenvalue weighted by atomic mass is 9.87. The zero-order chi connectivity index (χ0) is 22.7. The minimum atomic E-state index is -0.438. The lowest BCUT2D eigenvalue weighted by molar-refractivity contribution is -0.117. The molecule has 3 aromatic rings. The van der Waals surface area contributed by atoms with E-state index in [0.717, 1.165) is 29.5 Å². The molecule has 0 bridgehead atoms. The molecule has 0 saturated carbocycles. The number of nitrogens with one attached hydrogen (secondary N) is 1. The Morgan fingerprint density at radius 1 is 1.28 bits per heavy atom. The number of methoxy groups -OCH3 is 1. The van der Waals surface area contributed by atoms with Crippen molar-refractivity contribution < 1.29 is 14.3 Å². The zero-order valence-corrected chi connectivity index (χ0v) is 20.0. The summed E-state index contributed by atoms with van der Waals surface area (Å²) in [6, 6.07) is 8.85. The van der Waals surface area contributed by atoms with Crippen molar-refractivity contribution in [1.82, 2.24) is 20.1 Å². The van der Waals surface area contributed by atoms with Crippen molar-refractivity contribution in [2.45, 2.75) is 37.8 Å². The molecule has 0 aliphatic heterocycles. The van der Waals surface area contributed by atoms with Crippen LogP contribution in [-0.2, 0) is 24.7 Å². The Balaban J connectivity index is 1.36. The Bertz CT molecular complexity index is 1120. The van der Waals surface area contributed by atoms with E-state index in [1.807, 2.05) is 11.6 Å². The number of rotatable bonds is 7. The molecule has 0 fully saturated rings. The van der Waals surface area contributed by atoms with Gasteiger partial charge in [0, 0.05) is 17.5 Å². The third-order valence-corrected chi connectivity index (χ3v) is 8.01. The van der Waals surface area contributed by atoms with Crippen molar-refractivity contribution in [3.8, 4) is 16.5 Å². The topological polar surface area (TPSA) is 86.1 Å². The lowest BCUT2D eigenvalue weighted by Crippen LogP contribution is -2.31. The number of thiophene rings is 1. The average Bonchev–Trinajstić information content (AvgIpc) is 3.39. The van der Waals surface area contributed by atoms with E-state index < -0.39 is 5.91 Å². The van der Waals surface area contributed by atoms with Crippen LogP contribution < -0.4 is 10.1 Å². The first-order valence-electron chi connectivity index (χ1n) is 10.6. The maximum absolute atomic E-state index is 12.3. The zero-order valence-electron chi connectivity index (χ0n) is 18.4. The van der Waals surface area contributed by atoms with Gasteiger partial charge in [-0.3, -0.25) is 14.9 Å². The number of aromatic nitrogens is 3. The highest BCUT2D eigenvalue weighted by Gasteiger charge is 2.23. The highest BCUT2D eigenvalue weighted by molar-refractivity contribution is 7.99. The fourth-order valence-corrected chi connectivity index (χ4v) is 5.76. The smallest absolute Gasteiger partial charge is 0.257 e. The van der Waals surface area contributed by atoms with Gasteiger partial charge in [0.15, 0.2) is 11.0 Å². The predicted octanol–water partition coefficient (Wildman–Crippen LogP) is 4.12. The van der Waals surface area contributed by atoms with E-state index in [1.54, 1.807) is 42.7 Å². The van der Waals surface area contributed by atoms with E-state index in [9.17, 15) is 9.59 Å². The molecule has 4 rings (SSSR count). The molecule has 0 unspecified atom stereocenters. The quantitative estimate of drug-likeness (QED) is 0.523. The standard InChI is InChI=1S/C23H26N4O3S2/c1-4-14-5-10-18-16(11-14)12-19(32-18)21-25-26-23(27(21)2)31-13-20(28)24-22(29)15-6-8-17(30-3)9-7-15/h6-9,12,14H,4-5,10-11,13H2,1-3H3,(H,24,28,29)/t14-/m1/s1. The summed E-state index contributed by atoms with van der Waals surface area (Å²) in [7, 11) is 3.47. The van der Waals surface area contributed by atoms with Crippen LogP contribution in [0.1, 0.15) is 40.6 Å². The van der Waals surface area contributed by atoms with E-state index >= 15 is 0 Å². The summed E-state index contributed by atoms with van der Waals surface area (Å²) in [4.78, 5) is 27.1. The van der Waals surface area contributed by atoms with Gasteiger partial charge in [0.2, 0.25) is 5.91 Å². The second-order valence-electron chi connectivity index (χ2n) is 7.84. The molecule has 0 spiro atoms. The number of nitrogens with zero attached hydrogens (tertiary/aromatic N) is 3. The Labute approximate surface area is 195 Å². The van der Waals surface area contributed by atoms with Gasteiger partial charge in [-0.15, -0.1) is 21.5 Å². The van der Waals surface area contributed by atoms with Gasteiger partial charge < -0.3 is 9.30 Å². The molecule has 168 valence electrons. The van der Waals surface area contributed by atoms with Crippen LogP contribution in [0.15, 0.2) is 35.5 Å². The van der Waals surface area contributed by atoms with Crippen LogP contribution in [0, 0.1) is 5.92 Å². The van der Waals surface area contributed by atoms with Crippen LogP contribution in [0.4, 0.5) is 0 Å². The maximum Gasteiger partial charge on any atom is 0.257 e. The van der Waals surface area contributed by atoms with Gasteiger partial charge in [-0.05, 0) is 61.1 Å². The molecule has 2 aromatic heterocycles. The third kappa shape index (κ3) is 4.88. The van der Waals surface area contributed by atoms with Crippen molar-refractivity contribution in [2.75, 3.05) is 12.9 Å². The SMILES string of the molecule is CC[C@@H]1CCc2sc(-c3nnc(SCC(=O)NC(=O)c4ccc(OC)cc4)n3C)cc2C1. The summed E-state index contributed by atoms with van der Waals surface area (Å²) in [6.45, 7) is 2.26. The number of fused-ring (bicyclic) bond motifs is 1. The van der Waals surface area contributed by atoms with E-state index in [0.29, 0.717) is 16.5 Å². The van der Waals surface area contributed by atoms with E-state index in [1.165, 1.54) is 35.0 Å². The summed E-state index contributed by atoms with van der Waals surface area (Å²) < 4.78 is 6.99. The number of aryl methyl sites for hydroxylation is 1. The Hall–Kier alpha value is -2.65. The number of imide groups is 1. The van der Waals surface area contributed by atoms with Gasteiger partial charge in [-0.2, -0.15) is 0 Å². The van der Waals surface area contributed by atoms with Crippen LogP contribution in [-0.4, -0.2) is 39.4 Å². The van der Waals surface area contributed by atoms with E-state index in [2.05, 4.69) is 28.5 Å². The van der Waals surface area contributed by atoms with Crippen molar-refractivity contribution in [3.05, 3.63) is 46.3 Å². The third-order valence-electron chi connectivity index (χ3n) is 5.76. The molecule has 2 amide bonds. The van der Waals surface area contributed by atoms with Crippen LogP contribution in [0.3, 0.4) is 0 Å². The molecule has 1 aliphatic rings. The average molecular weight is 471 g/mol. The van der Waals surface area contributed by atoms with Crippen molar-refractivity contribution in [1.29, 1.82) is 0 Å². The second-order valence-corrected chi connectivity index (χ2v) is 9.92. The lowest BCUT2D eigenvalue weighted by Gasteiger charge is -2.19. The molecule has 1 aliphatic carbocycles. The monoisotopic (exact) mass is 470 g/mol. The molecule has 32 heavy (non-hydrogen) atoms. The number of carbonyl (C=O) groups is 2. The van der Waals surface area contributed by atoms with Crippen molar-refractivity contribution in [2.24, 2.45) is 13.0 Å². The van der Waals surface area contributed by atoms with Crippen molar-refractivity contribution >= 4 is 34.9 Å². The number of hydrogen-bond donors (Lipinski definition) is 1. The van der Waals surface area contributed by atoms with Crippen LogP contribution >= 0.6 is 23.1 Å². The summed E-state index contributed by atoms with van der Waals surface area (Å²) in [5.74, 6) is 1.50. The highest BCUT2D eigenvalue weighted by Crippen LogP contribution is 2.38. The molecule has 2 heterocycles. The fraction of sp³-hybridized carbons (Fsp3) is 0.391. The molecule has 1 N–H and O–H groups in total. The minimum Gasteiger partial charge on any atom is -0.497 e. The summed E-state index contributed by atoms with van der Waals surface area (Å²) in [5.41, 5.74) is 1.84. The number of ether oxygens (including phenoxy) is 1. The minimum absolute atomic E-state index is 0.0764. The largest absolute Gasteiger partial charge is 0.497 e. The first-order valence-corrected chi connectivity index (χ1v) is 12.4. The molecular formula is C23H26N4O3S2. The van der Waals surface area contributed by atoms with Gasteiger partial charge in [-0.25, -0.2) is 0 Å². The summed E-state index contributed by atoms with van der Waals surface area (Å²) in [5, 5.41) is 11.7. The molecular weight excluding hydrogens is 444 g/mol. The van der Waals surface area contributed by atoms with E-state index in [4.69, 9.17) is 4.74 Å². The van der Waals surface area contributed by atoms with Gasteiger partial charge in [0.1, 0.15) is 5.75 Å². The molecule has 1 aromatic carbocycles. The maximum atomic E-state index is 12.3. The van der Waals surface area contributed by atoms with Crippen LogP contribution in [0.2, 0.25) is 0 Å². The van der Waals surface area contributed by atoms with Gasteiger partial charge >= 0.3 is 0 Å². The van der Waals surface area contributed by atoms with Gasteiger partial charge in [0.05, 0.1) is 17.7 Å². The molecule has 0 radical (unpaired) electrons. The second kappa shape index (κ2) is 9.87. The van der Waals surface area contributed by atoms with Gasteiger partial charge in [0.25, 0.3) is 5.91 Å². The first-order chi connectivity index (χ1) is 15.5. The number of amides is 2. The fourth-order valence-electron chi connectivity index (χ4n) is 3.82. The Kier molecular flexibility index (Phi) is 6.95. The number of hydrogen-bond acceptors (Lipinski definition) is 7. The Morgan fingerprint density at radius 3 is 2.78 bits per heavy atom. The van der Waals surface area contributed by atoms with Crippen LogP contribution in [0.25, 0.3) is 10.7 Å². The summed E-state index contributed by atoms with van der Waals surface area (Å²) >= 11 is 3.06. The Morgan fingerprint density at radius 2 is 2.06 bits per heavy atom. The molecule has 9 heteroatoms. The predicted molar refractivity (Wildman–Crippen MR) is 126 cm³/mol. The molecule has 1 atom stereocenters. The van der Waals surface area contributed by atoms with Crippen molar-refractivity contribution in [3.63, 3.8) is 0 Å². The number of thioether (sulfide) groups is 1. The van der Waals surface area contributed by atoms with Crippen LogP contribution in [0.5, 0.6) is 5.75 Å². The summed E-state index contributed by atoms with van der Waals surface area (Å²) in [6.07, 6.45) is 4.76. The first kappa shape index (κ1) is 22.5. The van der Waals surface area contributed by atoms with E-state index in [-0.39, 0.29) is 11.7 Å². The molecule has 0 saturated heterocycles. The number of carbonyl (C=O) groups excluding carboxylic acids is 2.